The number of nitrogens with zero attached hydrogens (tertiary/aromatic N) is 4. The van der Waals surface area contributed by atoms with Crippen LogP contribution in [0.25, 0.3) is 0 Å². The maximum Gasteiger partial charge on any atom is 0.236 e. The lowest BCUT2D eigenvalue weighted by Gasteiger charge is -2.40. The number of hydrogen-bond acceptors (Lipinski definition) is 7. The zero-order chi connectivity index (χ0) is 19.7. The van der Waals surface area contributed by atoms with E-state index in [2.05, 4.69) is 19.2 Å². The molecule has 0 saturated carbocycles. The fourth-order valence-electron chi connectivity index (χ4n) is 4.42. The van der Waals surface area contributed by atoms with Crippen molar-refractivity contribution in [2.75, 3.05) is 42.2 Å². The van der Waals surface area contributed by atoms with Crippen LogP contribution in [0.2, 0.25) is 5.28 Å². The first-order valence-corrected chi connectivity index (χ1v) is 12.7. The Bertz CT molecular complexity index is 900. The van der Waals surface area contributed by atoms with Gasteiger partial charge in [-0.3, -0.25) is 0 Å². The first-order chi connectivity index (χ1) is 13.4. The van der Waals surface area contributed by atoms with E-state index in [1.54, 1.807) is 12.1 Å². The van der Waals surface area contributed by atoms with E-state index in [9.17, 15) is 8.42 Å². The van der Waals surface area contributed by atoms with Crippen molar-refractivity contribution in [2.45, 2.75) is 30.6 Å². The lowest BCUT2D eigenvalue weighted by molar-refractivity contribution is 0.233. The van der Waals surface area contributed by atoms with Gasteiger partial charge in [0, 0.05) is 49.7 Å². The molecule has 2 aromatic rings. The average molecular weight is 441 g/mol. The molecule has 0 bridgehead atoms. The third-order valence-electron chi connectivity index (χ3n) is 6.04. The van der Waals surface area contributed by atoms with Crippen LogP contribution in [-0.4, -0.2) is 50.2 Å². The van der Waals surface area contributed by atoms with Crippen LogP contribution in [0.4, 0.5) is 10.8 Å². The van der Waals surface area contributed by atoms with Crippen LogP contribution in [0.3, 0.4) is 0 Å². The van der Waals surface area contributed by atoms with Gasteiger partial charge in [-0.2, -0.15) is 9.36 Å². The van der Waals surface area contributed by atoms with Gasteiger partial charge >= 0.3 is 0 Å². The first-order valence-electron chi connectivity index (χ1n) is 9.69. The van der Waals surface area contributed by atoms with Gasteiger partial charge in [0.1, 0.15) is 0 Å². The molecule has 0 radical (unpaired) electrons. The summed E-state index contributed by atoms with van der Waals surface area (Å²) in [7, 11) is -3.13. The number of benzene rings is 1. The van der Waals surface area contributed by atoms with E-state index < -0.39 is 9.84 Å². The first kappa shape index (κ1) is 19.9. The summed E-state index contributed by atoms with van der Waals surface area (Å²) < 4.78 is 27.3. The number of halogens is 1. The second-order valence-electron chi connectivity index (χ2n) is 7.76. The lowest BCUT2D eigenvalue weighted by atomic mass is 9.79. The summed E-state index contributed by atoms with van der Waals surface area (Å²) in [6.45, 7) is 4.14. The van der Waals surface area contributed by atoms with Gasteiger partial charge in [-0.25, -0.2) is 8.42 Å². The molecule has 152 valence electrons. The van der Waals surface area contributed by atoms with Crippen molar-refractivity contribution in [2.24, 2.45) is 11.8 Å². The van der Waals surface area contributed by atoms with Crippen molar-refractivity contribution in [3.05, 3.63) is 29.5 Å². The van der Waals surface area contributed by atoms with E-state index in [4.69, 9.17) is 11.6 Å². The van der Waals surface area contributed by atoms with E-state index in [0.717, 1.165) is 48.8 Å². The van der Waals surface area contributed by atoms with Crippen molar-refractivity contribution >= 4 is 43.8 Å². The van der Waals surface area contributed by atoms with Crippen molar-refractivity contribution in [3.63, 3.8) is 0 Å². The largest absolute Gasteiger partial charge is 0.372 e. The SMILES string of the molecule is CS(=O)(=O)c1ccc(N2CCC(C3CCN(c4nc(Cl)ns4)CC3)CC2)cc1. The summed E-state index contributed by atoms with van der Waals surface area (Å²) in [5.41, 5.74) is 1.12. The maximum atomic E-state index is 11.6. The number of sulfone groups is 1. The van der Waals surface area contributed by atoms with E-state index in [0.29, 0.717) is 10.2 Å². The van der Waals surface area contributed by atoms with E-state index >= 15 is 0 Å². The highest BCUT2D eigenvalue weighted by Gasteiger charge is 2.30. The molecule has 6 nitrogen and oxygen atoms in total. The van der Waals surface area contributed by atoms with E-state index in [-0.39, 0.29) is 0 Å². The number of hydrogen-bond donors (Lipinski definition) is 0. The minimum atomic E-state index is -3.13. The number of anilines is 2. The fraction of sp³-hybridized carbons (Fsp3) is 0.579. The average Bonchev–Trinajstić information content (AvgIpc) is 3.14. The van der Waals surface area contributed by atoms with Gasteiger partial charge in [0.2, 0.25) is 10.4 Å². The van der Waals surface area contributed by atoms with E-state index in [1.807, 2.05) is 12.1 Å². The predicted octanol–water partition coefficient (Wildman–Crippen LogP) is 3.73. The van der Waals surface area contributed by atoms with Crippen LogP contribution >= 0.6 is 23.1 Å². The normalized spacial score (nSPS) is 19.9. The smallest absolute Gasteiger partial charge is 0.236 e. The molecule has 0 aliphatic carbocycles. The number of aromatic nitrogens is 2. The number of rotatable bonds is 4. The van der Waals surface area contributed by atoms with Crippen molar-refractivity contribution in [3.8, 4) is 0 Å². The molecule has 9 heteroatoms. The Morgan fingerprint density at radius 3 is 1.96 bits per heavy atom. The standard InChI is InChI=1S/C19H25ClN4O2S2/c1-28(25,26)17-4-2-16(3-5-17)23-10-6-14(7-11-23)15-8-12-24(13-9-15)19-21-18(20)22-27-19/h2-5,14-15H,6-13H2,1H3. The second-order valence-corrected chi connectivity index (χ2v) is 10.8. The quantitative estimate of drug-likeness (QED) is 0.721. The molecule has 28 heavy (non-hydrogen) atoms. The molecule has 0 amide bonds. The fourth-order valence-corrected chi connectivity index (χ4v) is 5.91. The molecule has 4 rings (SSSR count). The van der Waals surface area contributed by atoms with Crippen molar-refractivity contribution in [1.29, 1.82) is 0 Å². The number of piperidine rings is 2. The Kier molecular flexibility index (Phi) is 5.81. The van der Waals surface area contributed by atoms with Gasteiger partial charge in [0.25, 0.3) is 0 Å². The molecule has 2 aliphatic heterocycles. The Morgan fingerprint density at radius 2 is 1.50 bits per heavy atom. The zero-order valence-electron chi connectivity index (χ0n) is 15.9. The summed E-state index contributed by atoms with van der Waals surface area (Å²) in [6, 6.07) is 7.29. The minimum Gasteiger partial charge on any atom is -0.372 e. The predicted molar refractivity (Wildman–Crippen MR) is 114 cm³/mol. The Morgan fingerprint density at radius 1 is 0.964 bits per heavy atom. The summed E-state index contributed by atoms with van der Waals surface area (Å²) in [6.07, 6.45) is 6.04. The summed E-state index contributed by atoms with van der Waals surface area (Å²) in [5.74, 6) is 1.54. The Labute approximate surface area is 175 Å². The highest BCUT2D eigenvalue weighted by atomic mass is 35.5. The molecule has 2 aliphatic rings. The molecule has 1 aromatic carbocycles. The molecular weight excluding hydrogens is 416 g/mol. The highest BCUT2D eigenvalue weighted by molar-refractivity contribution is 7.90. The molecule has 0 spiro atoms. The van der Waals surface area contributed by atoms with Gasteiger partial charge < -0.3 is 9.80 Å². The monoisotopic (exact) mass is 440 g/mol. The molecule has 0 N–H and O–H groups in total. The molecule has 1 aromatic heterocycles. The van der Waals surface area contributed by atoms with Gasteiger partial charge in [-0.1, -0.05) is 0 Å². The van der Waals surface area contributed by atoms with E-state index in [1.165, 1.54) is 43.5 Å². The molecule has 2 fully saturated rings. The van der Waals surface area contributed by atoms with Crippen LogP contribution < -0.4 is 9.80 Å². The zero-order valence-corrected chi connectivity index (χ0v) is 18.3. The van der Waals surface area contributed by atoms with Crippen molar-refractivity contribution in [1.82, 2.24) is 9.36 Å². The third kappa shape index (κ3) is 4.44. The topological polar surface area (TPSA) is 66.4 Å². The van der Waals surface area contributed by atoms with Crippen LogP contribution in [0.15, 0.2) is 29.2 Å². The Hall–Kier alpha value is -1.38. The summed E-state index contributed by atoms with van der Waals surface area (Å²) in [4.78, 5) is 9.36. The van der Waals surface area contributed by atoms with Crippen LogP contribution in [0.5, 0.6) is 0 Å². The summed E-state index contributed by atoms with van der Waals surface area (Å²) in [5, 5.41) is 1.29. The minimum absolute atomic E-state index is 0.346. The van der Waals surface area contributed by atoms with Crippen LogP contribution in [-0.2, 0) is 9.84 Å². The van der Waals surface area contributed by atoms with Gasteiger partial charge in [-0.05, 0) is 73.4 Å². The van der Waals surface area contributed by atoms with Crippen molar-refractivity contribution < 1.29 is 8.42 Å². The van der Waals surface area contributed by atoms with Crippen LogP contribution in [0, 0.1) is 11.8 Å². The lowest BCUT2D eigenvalue weighted by Crippen LogP contribution is -2.40. The molecule has 2 saturated heterocycles. The van der Waals surface area contributed by atoms with Gasteiger partial charge in [0.05, 0.1) is 4.90 Å². The molecule has 3 heterocycles. The molecule has 0 unspecified atom stereocenters. The molecule has 0 atom stereocenters. The maximum absolute atomic E-state index is 11.6. The summed E-state index contributed by atoms with van der Waals surface area (Å²) >= 11 is 7.23. The van der Waals surface area contributed by atoms with Crippen LogP contribution in [0.1, 0.15) is 25.7 Å². The third-order valence-corrected chi connectivity index (χ3v) is 8.21. The molecular formula is C19H25ClN4O2S2. The van der Waals surface area contributed by atoms with Gasteiger partial charge in [-0.15, -0.1) is 0 Å². The van der Waals surface area contributed by atoms with Gasteiger partial charge in [0.15, 0.2) is 9.84 Å². The highest BCUT2D eigenvalue weighted by Crippen LogP contribution is 2.35. The Balaban J connectivity index is 1.29. The second kappa shape index (κ2) is 8.16.